The Labute approximate surface area is 189 Å². The van der Waals surface area contributed by atoms with Crippen LogP contribution in [0.4, 0.5) is 5.69 Å². The van der Waals surface area contributed by atoms with E-state index < -0.39 is 0 Å². The zero-order valence-corrected chi connectivity index (χ0v) is 19.2. The summed E-state index contributed by atoms with van der Waals surface area (Å²) >= 11 is 7.25. The maximum Gasteiger partial charge on any atom is 0.214 e. The number of thiophene rings is 1. The summed E-state index contributed by atoms with van der Waals surface area (Å²) in [5, 5.41) is 19.0. The molecule has 0 amide bonds. The van der Waals surface area contributed by atoms with Crippen LogP contribution in [0.25, 0.3) is 10.7 Å². The number of anilines is 1. The highest BCUT2D eigenvalue weighted by Crippen LogP contribution is 2.40. The Morgan fingerprint density at radius 2 is 1.84 bits per heavy atom. The van der Waals surface area contributed by atoms with Gasteiger partial charge in [-0.1, -0.05) is 6.07 Å². The number of tetrazole rings is 1. The van der Waals surface area contributed by atoms with Crippen LogP contribution in [-0.2, 0) is 0 Å². The molecular weight excluding hydrogens is 436 g/mol. The molecule has 1 aliphatic heterocycles. The van der Waals surface area contributed by atoms with E-state index in [1.54, 1.807) is 37.5 Å². The molecule has 0 saturated carbocycles. The van der Waals surface area contributed by atoms with Crippen LogP contribution in [0, 0.1) is 0 Å². The fourth-order valence-electron chi connectivity index (χ4n) is 3.54. The van der Waals surface area contributed by atoms with Gasteiger partial charge in [0.1, 0.15) is 0 Å². The Hall–Kier alpha value is -2.92. The van der Waals surface area contributed by atoms with Crippen molar-refractivity contribution < 1.29 is 14.2 Å². The number of nitrogens with one attached hydrogen (secondary N) is 1. The molecule has 4 rings (SSSR count). The van der Waals surface area contributed by atoms with Gasteiger partial charge in [0.25, 0.3) is 0 Å². The second-order valence-electron chi connectivity index (χ2n) is 6.97. The van der Waals surface area contributed by atoms with Crippen molar-refractivity contribution in [3.8, 4) is 28.0 Å². The standard InChI is InChI=1S/C20H24N6O3S2/c1-27-15-11-13(12-16(28-2)18(15)29-3)21-20(30)25-8-6-14(7-9-25)26-23-19(22-24-26)17-5-4-10-31-17/h4-5,10-12,14H,6-9H2,1-3H3,(H,21,30). The maximum absolute atomic E-state index is 5.64. The van der Waals surface area contributed by atoms with Gasteiger partial charge in [0.05, 0.1) is 32.2 Å². The van der Waals surface area contributed by atoms with Gasteiger partial charge in [0.2, 0.25) is 11.6 Å². The van der Waals surface area contributed by atoms with Crippen LogP contribution in [0.3, 0.4) is 0 Å². The number of piperidine rings is 1. The minimum absolute atomic E-state index is 0.210. The van der Waals surface area contributed by atoms with Gasteiger partial charge in [-0.2, -0.15) is 4.80 Å². The molecule has 1 saturated heterocycles. The van der Waals surface area contributed by atoms with E-state index in [0.717, 1.165) is 36.5 Å². The summed E-state index contributed by atoms with van der Waals surface area (Å²) in [6, 6.07) is 7.88. The van der Waals surface area contributed by atoms with Gasteiger partial charge in [-0.25, -0.2) is 0 Å². The molecule has 0 radical (unpaired) electrons. The quantitative estimate of drug-likeness (QED) is 0.556. The van der Waals surface area contributed by atoms with Crippen LogP contribution in [0.15, 0.2) is 29.6 Å². The smallest absolute Gasteiger partial charge is 0.214 e. The Bertz CT molecular complexity index is 1010. The highest BCUT2D eigenvalue weighted by atomic mass is 32.1. The van der Waals surface area contributed by atoms with Crippen LogP contribution in [0.1, 0.15) is 18.9 Å². The second kappa shape index (κ2) is 9.48. The lowest BCUT2D eigenvalue weighted by atomic mass is 10.1. The van der Waals surface area contributed by atoms with E-state index in [2.05, 4.69) is 25.6 Å². The lowest BCUT2D eigenvalue weighted by Gasteiger charge is -2.33. The molecule has 31 heavy (non-hydrogen) atoms. The first-order chi connectivity index (χ1) is 15.1. The van der Waals surface area contributed by atoms with Gasteiger partial charge in [0.15, 0.2) is 16.6 Å². The van der Waals surface area contributed by atoms with E-state index >= 15 is 0 Å². The molecule has 1 N–H and O–H groups in total. The summed E-state index contributed by atoms with van der Waals surface area (Å²) in [6.07, 6.45) is 1.77. The summed E-state index contributed by atoms with van der Waals surface area (Å²) in [6.45, 7) is 1.60. The SMILES string of the molecule is COc1cc(NC(=S)N2CCC(n3nnc(-c4cccs4)n3)CC2)cc(OC)c1OC. The molecule has 0 spiro atoms. The van der Waals surface area contributed by atoms with E-state index in [1.165, 1.54) is 0 Å². The van der Waals surface area contributed by atoms with Crippen molar-refractivity contribution in [1.29, 1.82) is 0 Å². The molecule has 3 aromatic rings. The van der Waals surface area contributed by atoms with Crippen molar-refractivity contribution in [2.45, 2.75) is 18.9 Å². The largest absolute Gasteiger partial charge is 0.493 e. The van der Waals surface area contributed by atoms with Gasteiger partial charge in [-0.05, 0) is 41.7 Å². The van der Waals surface area contributed by atoms with Crippen LogP contribution in [0.5, 0.6) is 17.2 Å². The summed E-state index contributed by atoms with van der Waals surface area (Å²) in [5.41, 5.74) is 0.778. The van der Waals surface area contributed by atoms with Crippen molar-refractivity contribution >= 4 is 34.4 Å². The first-order valence-corrected chi connectivity index (χ1v) is 11.1. The van der Waals surface area contributed by atoms with Gasteiger partial charge in [-0.3, -0.25) is 0 Å². The predicted molar refractivity (Wildman–Crippen MR) is 123 cm³/mol. The number of thiocarbonyl (C=S) groups is 1. The highest BCUT2D eigenvalue weighted by molar-refractivity contribution is 7.80. The van der Waals surface area contributed by atoms with Gasteiger partial charge in [0, 0.05) is 30.9 Å². The van der Waals surface area contributed by atoms with Crippen LogP contribution in [-0.4, -0.2) is 64.6 Å². The summed E-state index contributed by atoms with van der Waals surface area (Å²) in [7, 11) is 4.76. The minimum atomic E-state index is 0.210. The minimum Gasteiger partial charge on any atom is -0.493 e. The molecule has 0 atom stereocenters. The molecule has 164 valence electrons. The fraction of sp³-hybridized carbons (Fsp3) is 0.400. The fourth-order valence-corrected chi connectivity index (χ4v) is 4.49. The summed E-state index contributed by atoms with van der Waals surface area (Å²) in [4.78, 5) is 4.91. The number of hydrogen-bond donors (Lipinski definition) is 1. The van der Waals surface area contributed by atoms with Crippen LogP contribution in [0.2, 0.25) is 0 Å². The Morgan fingerprint density at radius 3 is 2.42 bits per heavy atom. The monoisotopic (exact) mass is 460 g/mol. The zero-order chi connectivity index (χ0) is 21.8. The summed E-state index contributed by atoms with van der Waals surface area (Å²) in [5.74, 6) is 2.37. The van der Waals surface area contributed by atoms with Crippen LogP contribution >= 0.6 is 23.6 Å². The third kappa shape index (κ3) is 4.57. The molecule has 2 aromatic heterocycles. The Balaban J connectivity index is 1.38. The number of hydrogen-bond acceptors (Lipinski definition) is 8. The van der Waals surface area contributed by atoms with Crippen LogP contribution < -0.4 is 19.5 Å². The Morgan fingerprint density at radius 1 is 1.13 bits per heavy atom. The average Bonchev–Trinajstić information content (AvgIpc) is 3.50. The number of rotatable bonds is 6. The third-order valence-electron chi connectivity index (χ3n) is 5.16. The molecule has 1 aliphatic rings. The number of aromatic nitrogens is 4. The lowest BCUT2D eigenvalue weighted by molar-refractivity contribution is 0.238. The number of nitrogens with zero attached hydrogens (tertiary/aromatic N) is 5. The molecule has 0 unspecified atom stereocenters. The third-order valence-corrected chi connectivity index (χ3v) is 6.39. The molecule has 0 aliphatic carbocycles. The molecule has 3 heterocycles. The average molecular weight is 461 g/mol. The van der Waals surface area contributed by atoms with Crippen molar-refractivity contribution in [3.05, 3.63) is 29.6 Å². The zero-order valence-electron chi connectivity index (χ0n) is 17.6. The molecule has 11 heteroatoms. The van der Waals surface area contributed by atoms with E-state index in [-0.39, 0.29) is 6.04 Å². The molecule has 1 aromatic carbocycles. The van der Waals surface area contributed by atoms with Gasteiger partial charge < -0.3 is 24.4 Å². The number of likely N-dealkylation sites (tertiary alicyclic amines) is 1. The van der Waals surface area contributed by atoms with E-state index in [9.17, 15) is 0 Å². The van der Waals surface area contributed by atoms with E-state index in [1.807, 2.05) is 29.6 Å². The number of benzene rings is 1. The number of methoxy groups -OCH3 is 3. The molecule has 1 fully saturated rings. The molecule has 9 nitrogen and oxygen atoms in total. The van der Waals surface area contributed by atoms with Crippen molar-refractivity contribution in [2.75, 3.05) is 39.7 Å². The molecule has 0 bridgehead atoms. The van der Waals surface area contributed by atoms with E-state index in [4.69, 9.17) is 26.4 Å². The van der Waals surface area contributed by atoms with Crippen molar-refractivity contribution in [2.24, 2.45) is 0 Å². The van der Waals surface area contributed by atoms with E-state index in [0.29, 0.717) is 28.2 Å². The topological polar surface area (TPSA) is 86.6 Å². The Kier molecular flexibility index (Phi) is 6.52. The highest BCUT2D eigenvalue weighted by Gasteiger charge is 2.25. The van der Waals surface area contributed by atoms with Crippen molar-refractivity contribution in [3.63, 3.8) is 0 Å². The number of ether oxygens (including phenoxy) is 3. The predicted octanol–water partition coefficient (Wildman–Crippen LogP) is 3.46. The first-order valence-electron chi connectivity index (χ1n) is 9.82. The summed E-state index contributed by atoms with van der Waals surface area (Å²) < 4.78 is 16.2. The molecular formula is C20H24N6O3S2. The maximum atomic E-state index is 5.64. The lowest BCUT2D eigenvalue weighted by Crippen LogP contribution is -2.41. The normalized spacial score (nSPS) is 14.4. The van der Waals surface area contributed by atoms with Gasteiger partial charge in [-0.15, -0.1) is 21.5 Å². The second-order valence-corrected chi connectivity index (χ2v) is 8.31. The van der Waals surface area contributed by atoms with Gasteiger partial charge >= 0.3 is 0 Å². The van der Waals surface area contributed by atoms with Crippen molar-refractivity contribution in [1.82, 2.24) is 25.1 Å². The first kappa shape index (κ1) is 21.3.